The van der Waals surface area contributed by atoms with Crippen molar-refractivity contribution in [1.29, 1.82) is 0 Å². The van der Waals surface area contributed by atoms with Gasteiger partial charge in [-0.3, -0.25) is 0 Å². The van der Waals surface area contributed by atoms with Crippen molar-refractivity contribution in [1.82, 2.24) is 15.5 Å². The van der Waals surface area contributed by atoms with Crippen LogP contribution in [-0.2, 0) is 4.79 Å². The number of hydrogen-bond donors (Lipinski definition) is 4. The van der Waals surface area contributed by atoms with Crippen molar-refractivity contribution in [2.24, 2.45) is 0 Å². The van der Waals surface area contributed by atoms with E-state index in [1.807, 2.05) is 0 Å². The van der Waals surface area contributed by atoms with Gasteiger partial charge in [0.25, 0.3) is 0 Å². The van der Waals surface area contributed by atoms with Gasteiger partial charge in [-0.1, -0.05) is 6.92 Å². The minimum Gasteiger partial charge on any atom is -0.480 e. The van der Waals surface area contributed by atoms with Crippen LogP contribution in [-0.4, -0.2) is 64.9 Å². The van der Waals surface area contributed by atoms with Gasteiger partial charge in [0.05, 0.1) is 6.10 Å². The molecule has 1 rings (SSSR count). The van der Waals surface area contributed by atoms with Gasteiger partial charge < -0.3 is 25.7 Å². The van der Waals surface area contributed by atoms with Crippen LogP contribution in [0.25, 0.3) is 0 Å². The Kier molecular flexibility index (Phi) is 6.04. The van der Waals surface area contributed by atoms with E-state index in [-0.39, 0.29) is 6.04 Å². The average Bonchev–Trinajstić information content (AvgIpc) is 2.35. The Morgan fingerprint density at radius 2 is 2.16 bits per heavy atom. The zero-order valence-electron chi connectivity index (χ0n) is 11.4. The molecule has 0 radical (unpaired) electrons. The van der Waals surface area contributed by atoms with Crippen molar-refractivity contribution in [2.45, 2.75) is 44.9 Å². The predicted molar refractivity (Wildman–Crippen MR) is 69.9 cm³/mol. The monoisotopic (exact) mass is 273 g/mol. The molecule has 1 fully saturated rings. The number of urea groups is 1. The lowest BCUT2D eigenvalue weighted by atomic mass is 10.1. The second-order valence-electron chi connectivity index (χ2n) is 4.91. The van der Waals surface area contributed by atoms with E-state index in [0.717, 1.165) is 32.5 Å². The lowest BCUT2D eigenvalue weighted by Crippen LogP contribution is -2.55. The number of likely N-dealkylation sites (tertiary alicyclic amines) is 1. The molecule has 0 aromatic carbocycles. The number of carbonyl (C=O) groups excluding carboxylic acids is 1. The number of amides is 2. The van der Waals surface area contributed by atoms with Gasteiger partial charge in [0.1, 0.15) is 0 Å². The summed E-state index contributed by atoms with van der Waals surface area (Å²) in [5, 5.41) is 23.2. The quantitative estimate of drug-likeness (QED) is 0.546. The smallest absolute Gasteiger partial charge is 0.328 e. The summed E-state index contributed by atoms with van der Waals surface area (Å²) < 4.78 is 0. The van der Waals surface area contributed by atoms with Gasteiger partial charge in [0, 0.05) is 12.6 Å². The first-order valence-corrected chi connectivity index (χ1v) is 6.64. The fourth-order valence-corrected chi connectivity index (χ4v) is 2.22. The van der Waals surface area contributed by atoms with Crippen molar-refractivity contribution in [3.05, 3.63) is 0 Å². The third-order valence-electron chi connectivity index (χ3n) is 3.32. The van der Waals surface area contributed by atoms with E-state index in [2.05, 4.69) is 22.5 Å². The van der Waals surface area contributed by atoms with Crippen LogP contribution in [0.5, 0.6) is 0 Å². The fraction of sp³-hybridized carbons (Fsp3) is 0.833. The molecule has 0 aliphatic carbocycles. The van der Waals surface area contributed by atoms with E-state index < -0.39 is 24.1 Å². The number of piperidine rings is 1. The Bertz CT molecular complexity index is 322. The van der Waals surface area contributed by atoms with Crippen LogP contribution in [0.4, 0.5) is 4.79 Å². The van der Waals surface area contributed by atoms with Gasteiger partial charge in [0.2, 0.25) is 0 Å². The van der Waals surface area contributed by atoms with Crippen LogP contribution in [0.2, 0.25) is 0 Å². The number of carboxylic acid groups (broad SMARTS) is 1. The maximum Gasteiger partial charge on any atom is 0.328 e. The largest absolute Gasteiger partial charge is 0.480 e. The Hall–Kier alpha value is -1.34. The van der Waals surface area contributed by atoms with E-state index in [9.17, 15) is 14.7 Å². The van der Waals surface area contributed by atoms with Crippen molar-refractivity contribution >= 4 is 12.0 Å². The summed E-state index contributed by atoms with van der Waals surface area (Å²) in [5.41, 5.74) is 0. The van der Waals surface area contributed by atoms with Crippen molar-refractivity contribution < 1.29 is 19.8 Å². The van der Waals surface area contributed by atoms with Crippen LogP contribution in [0.15, 0.2) is 0 Å². The van der Waals surface area contributed by atoms with Gasteiger partial charge in [0.15, 0.2) is 6.04 Å². The number of aliphatic carboxylic acids is 1. The molecule has 1 heterocycles. The standard InChI is InChI=1S/C12H23N3O4/c1-3-15-6-4-5-9(7-15)13-12(19)14-10(8(2)16)11(17)18/h8-10,16H,3-7H2,1-2H3,(H,17,18)(H2,13,14,19)/t8-,9?,10+/m1/s1. The zero-order valence-corrected chi connectivity index (χ0v) is 11.4. The zero-order chi connectivity index (χ0) is 14.4. The highest BCUT2D eigenvalue weighted by atomic mass is 16.4. The fourth-order valence-electron chi connectivity index (χ4n) is 2.22. The molecule has 19 heavy (non-hydrogen) atoms. The molecule has 110 valence electrons. The van der Waals surface area contributed by atoms with Gasteiger partial charge in [-0.15, -0.1) is 0 Å². The van der Waals surface area contributed by atoms with E-state index in [0.29, 0.717) is 0 Å². The minimum absolute atomic E-state index is 0.0251. The normalized spacial score (nSPS) is 23.4. The molecule has 3 atom stereocenters. The summed E-state index contributed by atoms with van der Waals surface area (Å²) in [4.78, 5) is 24.8. The molecule has 7 nitrogen and oxygen atoms in total. The molecule has 2 amide bonds. The Labute approximate surface area is 113 Å². The molecular formula is C12H23N3O4. The summed E-state index contributed by atoms with van der Waals surface area (Å²) in [5.74, 6) is -1.25. The number of aliphatic hydroxyl groups is 1. The number of nitrogens with zero attached hydrogens (tertiary/aromatic N) is 1. The summed E-state index contributed by atoms with van der Waals surface area (Å²) in [6.07, 6.45) is 0.759. The number of hydrogen-bond acceptors (Lipinski definition) is 4. The molecule has 1 aliphatic rings. The van der Waals surface area contributed by atoms with Crippen molar-refractivity contribution in [3.8, 4) is 0 Å². The van der Waals surface area contributed by atoms with E-state index in [4.69, 9.17) is 5.11 Å². The highest BCUT2D eigenvalue weighted by molar-refractivity contribution is 5.83. The number of nitrogens with one attached hydrogen (secondary N) is 2. The third-order valence-corrected chi connectivity index (χ3v) is 3.32. The molecule has 0 bridgehead atoms. The second-order valence-corrected chi connectivity index (χ2v) is 4.91. The van der Waals surface area contributed by atoms with Crippen LogP contribution >= 0.6 is 0 Å². The molecular weight excluding hydrogens is 250 g/mol. The van der Waals surface area contributed by atoms with Crippen LogP contribution in [0, 0.1) is 0 Å². The molecule has 0 aromatic heterocycles. The first-order valence-electron chi connectivity index (χ1n) is 6.64. The third kappa shape index (κ3) is 5.04. The topological polar surface area (TPSA) is 102 Å². The lowest BCUT2D eigenvalue weighted by Gasteiger charge is -2.32. The number of aliphatic hydroxyl groups excluding tert-OH is 1. The molecule has 7 heteroatoms. The van der Waals surface area contributed by atoms with Gasteiger partial charge >= 0.3 is 12.0 Å². The number of likely N-dealkylation sites (N-methyl/N-ethyl adjacent to an activating group) is 1. The SMILES string of the molecule is CCN1CCCC(NC(=O)N[C@H](C(=O)O)[C@@H](C)O)C1. The Morgan fingerprint density at radius 3 is 2.68 bits per heavy atom. The van der Waals surface area contributed by atoms with Crippen LogP contribution in [0.3, 0.4) is 0 Å². The molecule has 1 unspecified atom stereocenters. The number of carbonyl (C=O) groups is 2. The van der Waals surface area contributed by atoms with Gasteiger partial charge in [-0.2, -0.15) is 0 Å². The lowest BCUT2D eigenvalue weighted by molar-refractivity contribution is -0.141. The molecule has 0 saturated carbocycles. The molecule has 0 spiro atoms. The highest BCUT2D eigenvalue weighted by Crippen LogP contribution is 2.09. The number of carboxylic acids is 1. The molecule has 4 N–H and O–H groups in total. The van der Waals surface area contributed by atoms with Crippen molar-refractivity contribution in [2.75, 3.05) is 19.6 Å². The minimum atomic E-state index is -1.29. The van der Waals surface area contributed by atoms with Gasteiger partial charge in [-0.05, 0) is 32.9 Å². The highest BCUT2D eigenvalue weighted by Gasteiger charge is 2.26. The maximum absolute atomic E-state index is 11.7. The van der Waals surface area contributed by atoms with Gasteiger partial charge in [-0.25, -0.2) is 9.59 Å². The van der Waals surface area contributed by atoms with Crippen LogP contribution < -0.4 is 10.6 Å². The average molecular weight is 273 g/mol. The first kappa shape index (κ1) is 15.7. The van der Waals surface area contributed by atoms with E-state index in [1.54, 1.807) is 0 Å². The molecule has 1 aliphatic heterocycles. The van der Waals surface area contributed by atoms with E-state index in [1.165, 1.54) is 6.92 Å². The number of rotatable bonds is 5. The summed E-state index contributed by atoms with van der Waals surface area (Å²) in [6, 6.07) is -1.81. The summed E-state index contributed by atoms with van der Waals surface area (Å²) in [7, 11) is 0. The predicted octanol–water partition coefficient (Wildman–Crippen LogP) is -0.396. The molecule has 1 saturated heterocycles. The maximum atomic E-state index is 11.7. The summed E-state index contributed by atoms with van der Waals surface area (Å²) in [6.45, 7) is 6.14. The first-order chi connectivity index (χ1) is 8.93. The Balaban J connectivity index is 2.43. The Morgan fingerprint density at radius 1 is 1.47 bits per heavy atom. The molecule has 0 aromatic rings. The second kappa shape index (κ2) is 7.30. The van der Waals surface area contributed by atoms with E-state index >= 15 is 0 Å². The van der Waals surface area contributed by atoms with Crippen molar-refractivity contribution in [3.63, 3.8) is 0 Å². The summed E-state index contributed by atoms with van der Waals surface area (Å²) >= 11 is 0. The van der Waals surface area contributed by atoms with Crippen LogP contribution in [0.1, 0.15) is 26.7 Å².